The monoisotopic (exact) mass is 322 g/mol. The molecule has 2 amide bonds. The highest BCUT2D eigenvalue weighted by Crippen LogP contribution is 2.18. The number of H-pyrrole nitrogens is 1. The van der Waals surface area contributed by atoms with Crippen molar-refractivity contribution in [3.8, 4) is 0 Å². The zero-order valence-corrected chi connectivity index (χ0v) is 14.0. The molecule has 0 unspecified atom stereocenters. The van der Waals surface area contributed by atoms with E-state index in [9.17, 15) is 4.79 Å². The molecule has 0 aliphatic carbocycles. The number of nitrogens with one attached hydrogen (secondary N) is 3. The lowest BCUT2D eigenvalue weighted by molar-refractivity contribution is 0.240. The van der Waals surface area contributed by atoms with Gasteiger partial charge in [-0.25, -0.2) is 9.78 Å². The van der Waals surface area contributed by atoms with Gasteiger partial charge in [-0.05, 0) is 23.3 Å². The van der Waals surface area contributed by atoms with Crippen LogP contribution in [0, 0.1) is 0 Å². The number of rotatable bonds is 5. The van der Waals surface area contributed by atoms with Crippen molar-refractivity contribution in [1.29, 1.82) is 0 Å². The Hall–Kier alpha value is -2.82. The second-order valence-corrected chi connectivity index (χ2v) is 6.15. The predicted molar refractivity (Wildman–Crippen MR) is 95.7 cm³/mol. The highest BCUT2D eigenvalue weighted by molar-refractivity contribution is 5.77. The summed E-state index contributed by atoms with van der Waals surface area (Å²) >= 11 is 0. The molecule has 0 radical (unpaired) electrons. The Labute approximate surface area is 141 Å². The molecule has 1 heterocycles. The zero-order valence-electron chi connectivity index (χ0n) is 14.0. The third kappa shape index (κ3) is 3.93. The largest absolute Gasteiger partial charge is 0.342 e. The first kappa shape index (κ1) is 16.1. The summed E-state index contributed by atoms with van der Waals surface area (Å²) in [6.07, 6.45) is 0. The number of fused-ring (bicyclic) bond motifs is 1. The van der Waals surface area contributed by atoms with E-state index in [0.717, 1.165) is 28.0 Å². The smallest absolute Gasteiger partial charge is 0.315 e. The molecular weight excluding hydrogens is 300 g/mol. The molecule has 2 aromatic carbocycles. The number of aromatic amines is 1. The van der Waals surface area contributed by atoms with E-state index in [2.05, 4.69) is 34.4 Å². The van der Waals surface area contributed by atoms with E-state index in [4.69, 9.17) is 0 Å². The Morgan fingerprint density at radius 2 is 1.75 bits per heavy atom. The number of imidazole rings is 1. The number of aromatic nitrogens is 2. The van der Waals surface area contributed by atoms with E-state index >= 15 is 0 Å². The molecule has 0 spiro atoms. The number of hydrogen-bond donors (Lipinski definition) is 3. The molecule has 0 saturated heterocycles. The third-order valence-electron chi connectivity index (χ3n) is 3.86. The summed E-state index contributed by atoms with van der Waals surface area (Å²) in [5.74, 6) is 1.35. The standard InChI is InChI=1S/C19H22N4O/c1-13(2)18-22-16-9-8-15(10-17(16)23-18)12-21-19(24)20-11-14-6-4-3-5-7-14/h3-10,13H,11-12H2,1-2H3,(H,22,23)(H2,20,21,24). The van der Waals surface area contributed by atoms with E-state index in [1.807, 2.05) is 48.5 Å². The molecule has 0 bridgehead atoms. The summed E-state index contributed by atoms with van der Waals surface area (Å²) in [6, 6.07) is 15.7. The van der Waals surface area contributed by atoms with Gasteiger partial charge >= 0.3 is 6.03 Å². The lowest BCUT2D eigenvalue weighted by atomic mass is 10.2. The van der Waals surface area contributed by atoms with E-state index < -0.39 is 0 Å². The molecule has 0 fully saturated rings. The number of urea groups is 1. The van der Waals surface area contributed by atoms with E-state index in [1.165, 1.54) is 0 Å². The molecule has 0 atom stereocenters. The number of hydrogen-bond acceptors (Lipinski definition) is 2. The molecule has 3 rings (SSSR count). The fraction of sp³-hybridized carbons (Fsp3) is 0.263. The maximum atomic E-state index is 11.9. The van der Waals surface area contributed by atoms with E-state index in [1.54, 1.807) is 0 Å². The van der Waals surface area contributed by atoms with Crippen LogP contribution >= 0.6 is 0 Å². The third-order valence-corrected chi connectivity index (χ3v) is 3.86. The summed E-state index contributed by atoms with van der Waals surface area (Å²) in [5, 5.41) is 5.73. The summed E-state index contributed by atoms with van der Waals surface area (Å²) in [7, 11) is 0. The van der Waals surface area contributed by atoms with Crippen molar-refractivity contribution in [2.45, 2.75) is 32.9 Å². The minimum atomic E-state index is -0.175. The molecule has 5 nitrogen and oxygen atoms in total. The normalized spacial score (nSPS) is 11.0. The number of amides is 2. The minimum absolute atomic E-state index is 0.175. The molecule has 0 aliphatic rings. The first-order valence-corrected chi connectivity index (χ1v) is 8.16. The predicted octanol–water partition coefficient (Wildman–Crippen LogP) is 3.69. The highest BCUT2D eigenvalue weighted by atomic mass is 16.2. The van der Waals surface area contributed by atoms with E-state index in [0.29, 0.717) is 19.0 Å². The van der Waals surface area contributed by atoms with Crippen molar-refractivity contribution < 1.29 is 4.79 Å². The number of carbonyl (C=O) groups is 1. The topological polar surface area (TPSA) is 69.8 Å². The fourth-order valence-electron chi connectivity index (χ4n) is 2.48. The van der Waals surface area contributed by atoms with Crippen LogP contribution in [-0.2, 0) is 13.1 Å². The van der Waals surface area contributed by atoms with Crippen LogP contribution in [0.15, 0.2) is 48.5 Å². The molecule has 3 aromatic rings. The molecule has 0 aliphatic heterocycles. The molecule has 1 aromatic heterocycles. The average Bonchev–Trinajstić information content (AvgIpc) is 3.02. The van der Waals surface area contributed by atoms with Crippen LogP contribution in [-0.4, -0.2) is 16.0 Å². The Bertz CT molecular complexity index is 824. The van der Waals surface area contributed by atoms with Crippen LogP contribution in [0.4, 0.5) is 4.79 Å². The van der Waals surface area contributed by atoms with Gasteiger partial charge in [-0.1, -0.05) is 50.2 Å². The second kappa shape index (κ2) is 7.17. The van der Waals surface area contributed by atoms with Crippen LogP contribution in [0.1, 0.15) is 36.7 Å². The maximum Gasteiger partial charge on any atom is 0.315 e. The lowest BCUT2D eigenvalue weighted by Gasteiger charge is -2.08. The van der Waals surface area contributed by atoms with Crippen molar-refractivity contribution in [2.24, 2.45) is 0 Å². The fourth-order valence-corrected chi connectivity index (χ4v) is 2.48. The number of benzene rings is 2. The van der Waals surface area contributed by atoms with Crippen molar-refractivity contribution in [2.75, 3.05) is 0 Å². The summed E-state index contributed by atoms with van der Waals surface area (Å²) in [6.45, 7) is 5.21. The SMILES string of the molecule is CC(C)c1nc2ccc(CNC(=O)NCc3ccccc3)cc2[nH]1. The molecule has 0 saturated carbocycles. The molecule has 24 heavy (non-hydrogen) atoms. The van der Waals surface area contributed by atoms with Gasteiger partial charge in [-0.3, -0.25) is 0 Å². The van der Waals surface area contributed by atoms with Gasteiger partial charge in [0.05, 0.1) is 11.0 Å². The minimum Gasteiger partial charge on any atom is -0.342 e. The van der Waals surface area contributed by atoms with Crippen molar-refractivity contribution in [1.82, 2.24) is 20.6 Å². The quantitative estimate of drug-likeness (QED) is 0.670. The Kier molecular flexibility index (Phi) is 4.79. The van der Waals surface area contributed by atoms with Gasteiger partial charge in [0.2, 0.25) is 0 Å². The van der Waals surface area contributed by atoms with Gasteiger partial charge in [0.1, 0.15) is 5.82 Å². The average molecular weight is 322 g/mol. The van der Waals surface area contributed by atoms with Crippen LogP contribution in [0.5, 0.6) is 0 Å². The lowest BCUT2D eigenvalue weighted by Crippen LogP contribution is -2.34. The molecule has 3 N–H and O–H groups in total. The number of carbonyl (C=O) groups excluding carboxylic acids is 1. The second-order valence-electron chi connectivity index (χ2n) is 6.15. The summed E-state index contributed by atoms with van der Waals surface area (Å²) in [5.41, 5.74) is 4.07. The zero-order chi connectivity index (χ0) is 16.9. The van der Waals surface area contributed by atoms with Gasteiger partial charge in [-0.15, -0.1) is 0 Å². The first-order valence-electron chi connectivity index (χ1n) is 8.16. The molecular formula is C19H22N4O. The van der Waals surface area contributed by atoms with Gasteiger partial charge < -0.3 is 15.6 Å². The summed E-state index contributed by atoms with van der Waals surface area (Å²) < 4.78 is 0. The Morgan fingerprint density at radius 1 is 1.04 bits per heavy atom. The molecule has 124 valence electrons. The van der Waals surface area contributed by atoms with Gasteiger partial charge in [0.25, 0.3) is 0 Å². The van der Waals surface area contributed by atoms with Gasteiger partial charge in [0.15, 0.2) is 0 Å². The van der Waals surface area contributed by atoms with Gasteiger partial charge in [0, 0.05) is 19.0 Å². The van der Waals surface area contributed by atoms with Crippen LogP contribution < -0.4 is 10.6 Å². The van der Waals surface area contributed by atoms with Crippen LogP contribution in [0.3, 0.4) is 0 Å². The van der Waals surface area contributed by atoms with Crippen molar-refractivity contribution in [3.05, 3.63) is 65.5 Å². The maximum absolute atomic E-state index is 11.9. The van der Waals surface area contributed by atoms with Crippen LogP contribution in [0.25, 0.3) is 11.0 Å². The van der Waals surface area contributed by atoms with Crippen molar-refractivity contribution in [3.63, 3.8) is 0 Å². The van der Waals surface area contributed by atoms with Crippen LogP contribution in [0.2, 0.25) is 0 Å². The van der Waals surface area contributed by atoms with Crippen molar-refractivity contribution >= 4 is 17.1 Å². The number of nitrogens with zero attached hydrogens (tertiary/aromatic N) is 1. The Morgan fingerprint density at radius 3 is 2.46 bits per heavy atom. The summed E-state index contributed by atoms with van der Waals surface area (Å²) in [4.78, 5) is 19.8. The van der Waals surface area contributed by atoms with Gasteiger partial charge in [-0.2, -0.15) is 0 Å². The highest BCUT2D eigenvalue weighted by Gasteiger charge is 2.07. The van der Waals surface area contributed by atoms with E-state index in [-0.39, 0.29) is 6.03 Å². The Balaban J connectivity index is 1.55. The molecule has 5 heteroatoms. The first-order chi connectivity index (χ1) is 11.6.